The molecule has 0 bridgehead atoms. The predicted molar refractivity (Wildman–Crippen MR) is 75.7 cm³/mol. The fourth-order valence-corrected chi connectivity index (χ4v) is 2.78. The van der Waals surface area contributed by atoms with Crippen LogP contribution in [0.1, 0.15) is 33.6 Å². The molecule has 0 fully saturated rings. The summed E-state index contributed by atoms with van der Waals surface area (Å²) in [4.78, 5) is 0. The first-order chi connectivity index (χ1) is 8.12. The van der Waals surface area contributed by atoms with Crippen molar-refractivity contribution in [2.45, 2.75) is 33.6 Å². The second kappa shape index (κ2) is 6.57. The SMILES string of the molecule is CCC(C)(C)CC(C1C=CC=C1)C1C=CC=C1.[Ni]. The molecule has 0 nitrogen and oxygen atoms in total. The second-order valence-electron chi connectivity index (χ2n) is 6.08. The summed E-state index contributed by atoms with van der Waals surface area (Å²) in [6.45, 7) is 7.09. The number of rotatable bonds is 5. The molecule has 0 unspecified atom stereocenters. The second-order valence-corrected chi connectivity index (χ2v) is 6.08. The van der Waals surface area contributed by atoms with E-state index in [-0.39, 0.29) is 16.5 Å². The molecule has 0 spiro atoms. The number of hydrogen-bond acceptors (Lipinski definition) is 0. The minimum absolute atomic E-state index is 0. The monoisotopic (exact) mass is 286 g/mol. The molecule has 18 heavy (non-hydrogen) atoms. The summed E-state index contributed by atoms with van der Waals surface area (Å²) in [7, 11) is 0. The molecule has 0 aromatic carbocycles. The van der Waals surface area contributed by atoms with E-state index >= 15 is 0 Å². The zero-order chi connectivity index (χ0) is 12.3. The van der Waals surface area contributed by atoms with Crippen LogP contribution in [0.15, 0.2) is 48.6 Å². The van der Waals surface area contributed by atoms with E-state index in [1.807, 2.05) is 0 Å². The van der Waals surface area contributed by atoms with Gasteiger partial charge in [-0.3, -0.25) is 0 Å². The molecule has 0 amide bonds. The van der Waals surface area contributed by atoms with Crippen LogP contribution in [0.2, 0.25) is 0 Å². The molecule has 102 valence electrons. The molecule has 0 heterocycles. The van der Waals surface area contributed by atoms with Gasteiger partial charge in [0.25, 0.3) is 0 Å². The molecule has 0 saturated carbocycles. The first-order valence-electron chi connectivity index (χ1n) is 6.82. The molecule has 2 aliphatic rings. The van der Waals surface area contributed by atoms with Crippen molar-refractivity contribution >= 4 is 0 Å². The Morgan fingerprint density at radius 3 is 1.61 bits per heavy atom. The van der Waals surface area contributed by atoms with Crippen molar-refractivity contribution in [1.82, 2.24) is 0 Å². The third-order valence-corrected chi connectivity index (χ3v) is 4.29. The predicted octanol–water partition coefficient (Wildman–Crippen LogP) is 4.91. The molecule has 0 saturated heterocycles. The van der Waals surface area contributed by atoms with Gasteiger partial charge in [0.15, 0.2) is 0 Å². The van der Waals surface area contributed by atoms with E-state index in [4.69, 9.17) is 0 Å². The Balaban J connectivity index is 0.00000162. The van der Waals surface area contributed by atoms with Crippen molar-refractivity contribution in [2.75, 3.05) is 0 Å². The molecular formula is C17H24Ni. The van der Waals surface area contributed by atoms with Crippen LogP contribution in [0.3, 0.4) is 0 Å². The summed E-state index contributed by atoms with van der Waals surface area (Å²) >= 11 is 0. The Morgan fingerprint density at radius 1 is 0.889 bits per heavy atom. The quantitative estimate of drug-likeness (QED) is 0.630. The number of allylic oxidation sites excluding steroid dienone is 8. The van der Waals surface area contributed by atoms with Gasteiger partial charge >= 0.3 is 0 Å². The zero-order valence-corrected chi connectivity index (χ0v) is 12.6. The summed E-state index contributed by atoms with van der Waals surface area (Å²) in [6, 6.07) is 0. The van der Waals surface area contributed by atoms with Crippen molar-refractivity contribution in [2.24, 2.45) is 23.2 Å². The molecule has 1 heteroatoms. The fourth-order valence-electron chi connectivity index (χ4n) is 2.78. The first-order valence-corrected chi connectivity index (χ1v) is 6.82. The summed E-state index contributed by atoms with van der Waals surface area (Å²) in [5.41, 5.74) is 0.444. The van der Waals surface area contributed by atoms with Crippen LogP contribution < -0.4 is 0 Å². The summed E-state index contributed by atoms with van der Waals surface area (Å²) < 4.78 is 0. The summed E-state index contributed by atoms with van der Waals surface area (Å²) in [5, 5.41) is 0. The molecule has 0 radical (unpaired) electrons. The maximum absolute atomic E-state index is 2.39. The van der Waals surface area contributed by atoms with Gasteiger partial charge < -0.3 is 0 Å². The van der Waals surface area contributed by atoms with Gasteiger partial charge in [0.2, 0.25) is 0 Å². The van der Waals surface area contributed by atoms with Crippen LogP contribution in [-0.4, -0.2) is 0 Å². The van der Waals surface area contributed by atoms with Gasteiger partial charge in [0.1, 0.15) is 0 Å². The van der Waals surface area contributed by atoms with Crippen molar-refractivity contribution in [3.8, 4) is 0 Å². The molecule has 0 atom stereocenters. The molecule has 0 aromatic rings. The van der Waals surface area contributed by atoms with Crippen LogP contribution in [0.25, 0.3) is 0 Å². The minimum atomic E-state index is 0. The summed E-state index contributed by atoms with van der Waals surface area (Å²) in [6.07, 6.45) is 20.8. The van der Waals surface area contributed by atoms with Crippen molar-refractivity contribution in [1.29, 1.82) is 0 Å². The Bertz CT molecular complexity index is 319. The fraction of sp³-hybridized carbons (Fsp3) is 0.529. The van der Waals surface area contributed by atoms with Crippen LogP contribution in [0.5, 0.6) is 0 Å². The zero-order valence-electron chi connectivity index (χ0n) is 11.6. The van der Waals surface area contributed by atoms with E-state index in [2.05, 4.69) is 69.4 Å². The van der Waals surface area contributed by atoms with Gasteiger partial charge in [-0.15, -0.1) is 0 Å². The van der Waals surface area contributed by atoms with Crippen molar-refractivity contribution < 1.29 is 16.5 Å². The molecule has 2 rings (SSSR count). The Hall–Kier alpha value is -0.546. The molecule has 2 aliphatic carbocycles. The Morgan fingerprint density at radius 2 is 1.28 bits per heavy atom. The van der Waals surface area contributed by atoms with E-state index in [1.165, 1.54) is 12.8 Å². The third kappa shape index (κ3) is 3.72. The molecule has 0 N–H and O–H groups in total. The van der Waals surface area contributed by atoms with Gasteiger partial charge in [-0.2, -0.15) is 0 Å². The molecular weight excluding hydrogens is 263 g/mol. The van der Waals surface area contributed by atoms with Gasteiger partial charge in [-0.1, -0.05) is 75.8 Å². The van der Waals surface area contributed by atoms with E-state index < -0.39 is 0 Å². The van der Waals surface area contributed by atoms with Crippen molar-refractivity contribution in [3.63, 3.8) is 0 Å². The number of hydrogen-bond donors (Lipinski definition) is 0. The van der Waals surface area contributed by atoms with E-state index in [0.29, 0.717) is 17.3 Å². The Labute approximate surface area is 122 Å². The van der Waals surface area contributed by atoms with E-state index in [9.17, 15) is 0 Å². The molecule has 0 aliphatic heterocycles. The van der Waals surface area contributed by atoms with Crippen LogP contribution in [0, 0.1) is 23.2 Å². The minimum Gasteiger partial charge on any atom is -0.0773 e. The maximum Gasteiger partial charge on any atom is 0 e. The van der Waals surface area contributed by atoms with Crippen LogP contribution in [0.4, 0.5) is 0 Å². The van der Waals surface area contributed by atoms with Gasteiger partial charge in [0, 0.05) is 16.5 Å². The average Bonchev–Trinajstić information content (AvgIpc) is 2.99. The van der Waals surface area contributed by atoms with E-state index in [1.54, 1.807) is 0 Å². The topological polar surface area (TPSA) is 0 Å². The summed E-state index contributed by atoms with van der Waals surface area (Å²) in [5.74, 6) is 1.96. The smallest absolute Gasteiger partial charge is 0 e. The van der Waals surface area contributed by atoms with Gasteiger partial charge in [-0.05, 0) is 29.6 Å². The molecule has 0 aromatic heterocycles. The van der Waals surface area contributed by atoms with Crippen LogP contribution >= 0.6 is 0 Å². The normalized spacial score (nSPS) is 19.1. The third-order valence-electron chi connectivity index (χ3n) is 4.29. The van der Waals surface area contributed by atoms with Crippen LogP contribution in [-0.2, 0) is 16.5 Å². The standard InChI is InChI=1S/C17H24.Ni/c1-4-17(2,3)13-16(14-9-5-6-10-14)15-11-7-8-12-15;/h5-12,14-16H,4,13H2,1-3H3;. The largest absolute Gasteiger partial charge is 0.0773 e. The van der Waals surface area contributed by atoms with E-state index in [0.717, 1.165) is 5.92 Å². The average molecular weight is 287 g/mol. The Kier molecular flexibility index (Phi) is 5.66. The van der Waals surface area contributed by atoms with Gasteiger partial charge in [-0.25, -0.2) is 0 Å². The first kappa shape index (κ1) is 15.5. The van der Waals surface area contributed by atoms with Gasteiger partial charge in [0.05, 0.1) is 0 Å². The maximum atomic E-state index is 2.39. The van der Waals surface area contributed by atoms with Crippen molar-refractivity contribution in [3.05, 3.63) is 48.6 Å².